The molecule has 0 saturated carbocycles. The lowest BCUT2D eigenvalue weighted by Crippen LogP contribution is -2.31. The Hall–Kier alpha value is -3.42. The number of benzene rings is 2. The summed E-state index contributed by atoms with van der Waals surface area (Å²) in [5, 5.41) is 13.4. The van der Waals surface area contributed by atoms with E-state index >= 15 is 0 Å². The second-order valence-corrected chi connectivity index (χ2v) is 6.88. The predicted molar refractivity (Wildman–Crippen MR) is 108 cm³/mol. The first kappa shape index (κ1) is 20.3. The van der Waals surface area contributed by atoms with Gasteiger partial charge in [-0.05, 0) is 43.2 Å². The maximum atomic E-state index is 12.7. The molecular weight excluding hydrogens is 374 g/mol. The van der Waals surface area contributed by atoms with Gasteiger partial charge in [-0.1, -0.05) is 18.9 Å². The van der Waals surface area contributed by atoms with Crippen LogP contribution in [0, 0.1) is 10.1 Å². The van der Waals surface area contributed by atoms with Gasteiger partial charge in [-0.2, -0.15) is 0 Å². The van der Waals surface area contributed by atoms with Crippen molar-refractivity contribution in [1.29, 1.82) is 0 Å². The molecule has 1 heterocycles. The summed E-state index contributed by atoms with van der Waals surface area (Å²) in [7, 11) is 0. The summed E-state index contributed by atoms with van der Waals surface area (Å²) in [5.74, 6) is -0.0521. The summed E-state index contributed by atoms with van der Waals surface area (Å²) in [6.07, 6.45) is 4.33. The maximum Gasteiger partial charge on any atom is 0.269 e. The number of ether oxygens (including phenoxy) is 1. The van der Waals surface area contributed by atoms with E-state index in [1.807, 2.05) is 4.90 Å². The Morgan fingerprint density at radius 1 is 1.03 bits per heavy atom. The maximum absolute atomic E-state index is 12.7. The van der Waals surface area contributed by atoms with Crippen molar-refractivity contribution in [2.75, 3.05) is 25.0 Å². The van der Waals surface area contributed by atoms with Crippen LogP contribution >= 0.6 is 0 Å². The van der Waals surface area contributed by atoms with Crippen molar-refractivity contribution < 1.29 is 19.2 Å². The fourth-order valence-electron chi connectivity index (χ4n) is 3.20. The standard InChI is InChI=1S/C21H23N3O5/c25-20(15-29-19-10-8-18(9-11-19)24(27)28)22-17-7-5-6-16(14-17)21(26)23-12-3-1-2-4-13-23/h5-11,14H,1-4,12-13,15H2,(H,22,25). The average Bonchev–Trinajstić information content (AvgIpc) is 3.02. The minimum Gasteiger partial charge on any atom is -0.484 e. The van der Waals surface area contributed by atoms with Crippen molar-refractivity contribution in [3.63, 3.8) is 0 Å². The molecule has 152 valence electrons. The first-order valence-electron chi connectivity index (χ1n) is 9.59. The molecule has 0 unspecified atom stereocenters. The summed E-state index contributed by atoms with van der Waals surface area (Å²) >= 11 is 0. The number of nitrogens with zero attached hydrogens (tertiary/aromatic N) is 2. The van der Waals surface area contributed by atoms with E-state index in [1.165, 1.54) is 24.3 Å². The Kier molecular flexibility index (Phi) is 6.78. The Balaban J connectivity index is 1.55. The van der Waals surface area contributed by atoms with Crippen molar-refractivity contribution in [3.8, 4) is 5.75 Å². The van der Waals surface area contributed by atoms with Crippen LogP contribution in [-0.2, 0) is 4.79 Å². The van der Waals surface area contributed by atoms with Crippen LogP contribution in [0.5, 0.6) is 5.75 Å². The van der Waals surface area contributed by atoms with E-state index in [2.05, 4.69) is 5.32 Å². The average molecular weight is 397 g/mol. The smallest absolute Gasteiger partial charge is 0.269 e. The highest BCUT2D eigenvalue weighted by atomic mass is 16.6. The molecule has 8 nitrogen and oxygen atoms in total. The molecule has 1 N–H and O–H groups in total. The number of nitro benzene ring substituents is 1. The fraction of sp³-hybridized carbons (Fsp3) is 0.333. The minimum atomic E-state index is -0.504. The normalized spacial score (nSPS) is 14.0. The van der Waals surface area contributed by atoms with Crippen LogP contribution in [0.15, 0.2) is 48.5 Å². The number of hydrogen-bond acceptors (Lipinski definition) is 5. The van der Waals surface area contributed by atoms with Gasteiger partial charge in [-0.3, -0.25) is 19.7 Å². The fourth-order valence-corrected chi connectivity index (χ4v) is 3.20. The quantitative estimate of drug-likeness (QED) is 0.592. The number of carbonyl (C=O) groups excluding carboxylic acids is 2. The zero-order chi connectivity index (χ0) is 20.6. The second-order valence-electron chi connectivity index (χ2n) is 6.88. The third-order valence-electron chi connectivity index (χ3n) is 4.70. The van der Waals surface area contributed by atoms with Crippen LogP contribution in [0.3, 0.4) is 0 Å². The highest BCUT2D eigenvalue weighted by Gasteiger charge is 2.17. The van der Waals surface area contributed by atoms with Crippen LogP contribution in [0.2, 0.25) is 0 Å². The molecular formula is C21H23N3O5. The summed E-state index contributed by atoms with van der Waals surface area (Å²) in [4.78, 5) is 36.9. The van der Waals surface area contributed by atoms with Crippen molar-refractivity contribution >= 4 is 23.2 Å². The number of nitro groups is 1. The van der Waals surface area contributed by atoms with Gasteiger partial charge in [-0.25, -0.2) is 0 Å². The number of amides is 2. The van der Waals surface area contributed by atoms with E-state index in [-0.39, 0.29) is 24.1 Å². The van der Waals surface area contributed by atoms with Crippen molar-refractivity contribution in [2.24, 2.45) is 0 Å². The number of nitrogens with one attached hydrogen (secondary N) is 1. The van der Waals surface area contributed by atoms with Gasteiger partial charge < -0.3 is 15.0 Å². The largest absolute Gasteiger partial charge is 0.484 e. The molecule has 0 atom stereocenters. The van der Waals surface area contributed by atoms with Crippen LogP contribution in [0.1, 0.15) is 36.0 Å². The van der Waals surface area contributed by atoms with Gasteiger partial charge in [-0.15, -0.1) is 0 Å². The van der Waals surface area contributed by atoms with Crippen LogP contribution in [0.4, 0.5) is 11.4 Å². The van der Waals surface area contributed by atoms with E-state index < -0.39 is 4.92 Å². The summed E-state index contributed by atoms with van der Waals surface area (Å²) < 4.78 is 5.35. The van der Waals surface area contributed by atoms with E-state index in [0.717, 1.165) is 38.8 Å². The Morgan fingerprint density at radius 3 is 2.38 bits per heavy atom. The first-order valence-corrected chi connectivity index (χ1v) is 9.59. The molecule has 8 heteroatoms. The highest BCUT2D eigenvalue weighted by molar-refractivity contribution is 5.97. The van der Waals surface area contributed by atoms with E-state index in [4.69, 9.17) is 4.74 Å². The molecule has 0 bridgehead atoms. The van der Waals surface area contributed by atoms with Crippen LogP contribution < -0.4 is 10.1 Å². The molecule has 2 aromatic carbocycles. The molecule has 3 rings (SSSR count). The molecule has 1 aliphatic heterocycles. The third kappa shape index (κ3) is 5.78. The van der Waals surface area contributed by atoms with Gasteiger partial charge in [0.2, 0.25) is 0 Å². The summed E-state index contributed by atoms with van der Waals surface area (Å²) in [6, 6.07) is 12.3. The number of non-ortho nitro benzene ring substituents is 1. The van der Waals surface area contributed by atoms with Gasteiger partial charge in [0.25, 0.3) is 17.5 Å². The summed E-state index contributed by atoms with van der Waals surface area (Å²) in [5.41, 5.74) is 1.01. The van der Waals surface area contributed by atoms with Gasteiger partial charge in [0.15, 0.2) is 6.61 Å². The SMILES string of the molecule is O=C(COc1ccc([N+](=O)[O-])cc1)Nc1cccc(C(=O)N2CCCCCC2)c1. The molecule has 0 aromatic heterocycles. The number of carbonyl (C=O) groups is 2. The monoisotopic (exact) mass is 397 g/mol. The molecule has 29 heavy (non-hydrogen) atoms. The van der Waals surface area contributed by atoms with Crippen LogP contribution in [-0.4, -0.2) is 41.3 Å². The zero-order valence-electron chi connectivity index (χ0n) is 16.0. The first-order chi connectivity index (χ1) is 14.0. The predicted octanol–water partition coefficient (Wildman–Crippen LogP) is 3.63. The molecule has 0 aliphatic carbocycles. The Bertz CT molecular complexity index is 874. The Morgan fingerprint density at radius 2 is 1.72 bits per heavy atom. The number of hydrogen-bond donors (Lipinski definition) is 1. The highest BCUT2D eigenvalue weighted by Crippen LogP contribution is 2.18. The van der Waals surface area contributed by atoms with E-state index in [0.29, 0.717) is 17.0 Å². The number of rotatable bonds is 6. The van der Waals surface area contributed by atoms with Crippen molar-refractivity contribution in [2.45, 2.75) is 25.7 Å². The molecule has 0 spiro atoms. The molecule has 1 saturated heterocycles. The van der Waals surface area contributed by atoms with E-state index in [1.54, 1.807) is 24.3 Å². The lowest BCUT2D eigenvalue weighted by Gasteiger charge is -2.20. The molecule has 1 fully saturated rings. The molecule has 2 aromatic rings. The number of likely N-dealkylation sites (tertiary alicyclic amines) is 1. The van der Waals surface area contributed by atoms with Gasteiger partial charge >= 0.3 is 0 Å². The van der Waals surface area contributed by atoms with E-state index in [9.17, 15) is 19.7 Å². The minimum absolute atomic E-state index is 0.0230. The number of anilines is 1. The van der Waals surface area contributed by atoms with Crippen molar-refractivity contribution in [1.82, 2.24) is 4.90 Å². The molecule has 0 radical (unpaired) electrons. The topological polar surface area (TPSA) is 102 Å². The lowest BCUT2D eigenvalue weighted by atomic mass is 10.1. The van der Waals surface area contributed by atoms with Crippen molar-refractivity contribution in [3.05, 3.63) is 64.2 Å². The second kappa shape index (κ2) is 9.68. The van der Waals surface area contributed by atoms with Gasteiger partial charge in [0.1, 0.15) is 5.75 Å². The van der Waals surface area contributed by atoms with Gasteiger partial charge in [0.05, 0.1) is 4.92 Å². The molecule has 2 amide bonds. The summed E-state index contributed by atoms with van der Waals surface area (Å²) in [6.45, 7) is 1.28. The van der Waals surface area contributed by atoms with Crippen LogP contribution in [0.25, 0.3) is 0 Å². The Labute approximate surface area is 168 Å². The third-order valence-corrected chi connectivity index (χ3v) is 4.70. The van der Waals surface area contributed by atoms with Gasteiger partial charge in [0, 0.05) is 36.5 Å². The zero-order valence-corrected chi connectivity index (χ0v) is 16.0. The lowest BCUT2D eigenvalue weighted by molar-refractivity contribution is -0.384. The molecule has 1 aliphatic rings.